The first-order valence-corrected chi connectivity index (χ1v) is 6.60. The lowest BCUT2D eigenvalue weighted by Gasteiger charge is -2.19. The van der Waals surface area contributed by atoms with Crippen LogP contribution in [0.25, 0.3) is 0 Å². The van der Waals surface area contributed by atoms with Crippen molar-refractivity contribution < 1.29 is 5.11 Å². The number of rotatable bonds is 2. The Bertz CT molecular complexity index is 407. The second kappa shape index (κ2) is 4.87. The van der Waals surface area contributed by atoms with Crippen LogP contribution in [-0.4, -0.2) is 17.7 Å². The lowest BCUT2D eigenvalue weighted by molar-refractivity contribution is 0.469. The standard InChI is InChI=1S/C14H20ClNO/c1-8-9(2)14(17)13(15)10(3)12(8)7-11-5-4-6-16-11/h11,16-17H,4-7H2,1-3H3. The number of hydrogen-bond donors (Lipinski definition) is 2. The van der Waals surface area contributed by atoms with E-state index in [9.17, 15) is 5.11 Å². The molecule has 94 valence electrons. The van der Waals surface area contributed by atoms with E-state index in [1.54, 1.807) is 0 Å². The molecule has 0 aliphatic carbocycles. The quantitative estimate of drug-likeness (QED) is 0.848. The van der Waals surface area contributed by atoms with Crippen molar-refractivity contribution in [2.75, 3.05) is 6.54 Å². The lowest BCUT2D eigenvalue weighted by Crippen LogP contribution is -2.24. The zero-order chi connectivity index (χ0) is 12.6. The highest BCUT2D eigenvalue weighted by atomic mass is 35.5. The average molecular weight is 254 g/mol. The van der Waals surface area contributed by atoms with Crippen molar-refractivity contribution in [3.05, 3.63) is 27.3 Å². The number of phenolic OH excluding ortho intramolecular Hbond substituents is 1. The molecule has 0 spiro atoms. The maximum atomic E-state index is 9.91. The number of phenols is 1. The van der Waals surface area contributed by atoms with Crippen molar-refractivity contribution >= 4 is 11.6 Å². The molecule has 0 bridgehead atoms. The molecule has 1 aliphatic rings. The number of nitrogens with one attached hydrogen (secondary N) is 1. The molecule has 1 unspecified atom stereocenters. The molecule has 2 rings (SSSR count). The van der Waals surface area contributed by atoms with E-state index in [-0.39, 0.29) is 5.75 Å². The van der Waals surface area contributed by atoms with Gasteiger partial charge in [0, 0.05) is 6.04 Å². The number of hydrogen-bond acceptors (Lipinski definition) is 2. The van der Waals surface area contributed by atoms with Crippen molar-refractivity contribution in [3.8, 4) is 5.75 Å². The van der Waals surface area contributed by atoms with Crippen molar-refractivity contribution in [1.29, 1.82) is 0 Å². The van der Waals surface area contributed by atoms with E-state index in [4.69, 9.17) is 11.6 Å². The maximum absolute atomic E-state index is 9.91. The van der Waals surface area contributed by atoms with Crippen LogP contribution in [0.3, 0.4) is 0 Å². The van der Waals surface area contributed by atoms with Gasteiger partial charge >= 0.3 is 0 Å². The van der Waals surface area contributed by atoms with Crippen LogP contribution in [0, 0.1) is 20.8 Å². The van der Waals surface area contributed by atoms with Gasteiger partial charge in [-0.05, 0) is 68.8 Å². The topological polar surface area (TPSA) is 32.3 Å². The Hall–Kier alpha value is -0.730. The fourth-order valence-electron chi connectivity index (χ4n) is 2.64. The summed E-state index contributed by atoms with van der Waals surface area (Å²) in [5.41, 5.74) is 4.41. The molecule has 3 heteroatoms. The summed E-state index contributed by atoms with van der Waals surface area (Å²) in [7, 11) is 0. The lowest BCUT2D eigenvalue weighted by atomic mass is 9.92. The van der Waals surface area contributed by atoms with Crippen LogP contribution >= 0.6 is 11.6 Å². The minimum atomic E-state index is 0.241. The van der Waals surface area contributed by atoms with Crippen LogP contribution in [0.5, 0.6) is 5.75 Å². The first-order chi connectivity index (χ1) is 8.02. The van der Waals surface area contributed by atoms with Crippen LogP contribution in [0.4, 0.5) is 0 Å². The first-order valence-electron chi connectivity index (χ1n) is 6.22. The summed E-state index contributed by atoms with van der Waals surface area (Å²) in [6.07, 6.45) is 3.50. The second-order valence-corrected chi connectivity index (χ2v) is 5.39. The fourth-order valence-corrected chi connectivity index (χ4v) is 2.90. The largest absolute Gasteiger partial charge is 0.506 e. The summed E-state index contributed by atoms with van der Waals surface area (Å²) in [4.78, 5) is 0. The van der Waals surface area contributed by atoms with Gasteiger partial charge in [-0.2, -0.15) is 0 Å². The van der Waals surface area contributed by atoms with Crippen molar-refractivity contribution in [2.45, 2.75) is 46.1 Å². The van der Waals surface area contributed by atoms with Crippen LogP contribution in [0.15, 0.2) is 0 Å². The molecule has 1 atom stereocenters. The zero-order valence-electron chi connectivity index (χ0n) is 10.7. The van der Waals surface area contributed by atoms with Gasteiger partial charge < -0.3 is 10.4 Å². The number of aromatic hydroxyl groups is 1. The van der Waals surface area contributed by atoms with Crippen molar-refractivity contribution in [3.63, 3.8) is 0 Å². The third-order valence-electron chi connectivity index (χ3n) is 3.97. The molecule has 1 saturated heterocycles. The molecule has 2 nitrogen and oxygen atoms in total. The molecule has 1 fully saturated rings. The van der Waals surface area contributed by atoms with Gasteiger partial charge in [-0.15, -0.1) is 0 Å². The molecule has 1 heterocycles. The van der Waals surface area contributed by atoms with Gasteiger partial charge in [-0.1, -0.05) is 11.6 Å². The molecule has 0 saturated carbocycles. The predicted molar refractivity (Wildman–Crippen MR) is 72.1 cm³/mol. The van der Waals surface area contributed by atoms with Gasteiger partial charge in [-0.25, -0.2) is 0 Å². The van der Waals surface area contributed by atoms with Gasteiger partial charge in [0.2, 0.25) is 0 Å². The molecular weight excluding hydrogens is 234 g/mol. The zero-order valence-corrected chi connectivity index (χ0v) is 11.5. The smallest absolute Gasteiger partial charge is 0.137 e. The molecule has 1 aromatic rings. The molecule has 0 radical (unpaired) electrons. The Labute approximate surface area is 108 Å². The highest BCUT2D eigenvalue weighted by Crippen LogP contribution is 2.36. The summed E-state index contributed by atoms with van der Waals surface area (Å²) in [6, 6.07) is 0.562. The highest BCUT2D eigenvalue weighted by Gasteiger charge is 2.20. The molecule has 0 aromatic heterocycles. The van der Waals surface area contributed by atoms with Crippen LogP contribution in [0.2, 0.25) is 5.02 Å². The van der Waals surface area contributed by atoms with Crippen LogP contribution < -0.4 is 5.32 Å². The monoisotopic (exact) mass is 253 g/mol. The summed E-state index contributed by atoms with van der Waals surface area (Å²) in [5.74, 6) is 0.241. The Kier molecular flexibility index (Phi) is 3.64. The SMILES string of the molecule is Cc1c(C)c(CC2CCCN2)c(C)c(Cl)c1O. The Morgan fingerprint density at radius 1 is 1.24 bits per heavy atom. The van der Waals surface area contributed by atoms with E-state index in [0.29, 0.717) is 11.1 Å². The predicted octanol–water partition coefficient (Wildman–Crippen LogP) is 3.27. The van der Waals surface area contributed by atoms with Gasteiger partial charge in [-0.3, -0.25) is 0 Å². The van der Waals surface area contributed by atoms with E-state index < -0.39 is 0 Å². The first kappa shape index (κ1) is 12.7. The minimum absolute atomic E-state index is 0.241. The molecule has 2 N–H and O–H groups in total. The highest BCUT2D eigenvalue weighted by molar-refractivity contribution is 6.33. The second-order valence-electron chi connectivity index (χ2n) is 5.01. The summed E-state index contributed by atoms with van der Waals surface area (Å²) in [6.45, 7) is 7.12. The minimum Gasteiger partial charge on any atom is -0.506 e. The van der Waals surface area contributed by atoms with E-state index in [1.165, 1.54) is 24.0 Å². The Balaban J connectivity index is 2.38. The maximum Gasteiger partial charge on any atom is 0.137 e. The van der Waals surface area contributed by atoms with Gasteiger partial charge in [0.15, 0.2) is 0 Å². The van der Waals surface area contributed by atoms with E-state index in [0.717, 1.165) is 24.1 Å². The van der Waals surface area contributed by atoms with Gasteiger partial charge in [0.25, 0.3) is 0 Å². The number of halogens is 1. The molecule has 1 aromatic carbocycles. The number of benzene rings is 1. The third-order valence-corrected chi connectivity index (χ3v) is 4.44. The molecular formula is C14H20ClNO. The van der Waals surface area contributed by atoms with Gasteiger partial charge in [0.05, 0.1) is 5.02 Å². The van der Waals surface area contributed by atoms with E-state index in [2.05, 4.69) is 12.2 Å². The molecule has 1 aliphatic heterocycles. The van der Waals surface area contributed by atoms with Gasteiger partial charge in [0.1, 0.15) is 5.75 Å². The average Bonchev–Trinajstić information content (AvgIpc) is 2.82. The summed E-state index contributed by atoms with van der Waals surface area (Å²) < 4.78 is 0. The summed E-state index contributed by atoms with van der Waals surface area (Å²) in [5, 5.41) is 13.9. The Morgan fingerprint density at radius 2 is 1.94 bits per heavy atom. The third kappa shape index (κ3) is 2.29. The normalized spacial score (nSPS) is 19.9. The fraction of sp³-hybridized carbons (Fsp3) is 0.571. The molecule has 0 amide bonds. The van der Waals surface area contributed by atoms with Crippen molar-refractivity contribution in [2.24, 2.45) is 0 Å². The Morgan fingerprint density at radius 3 is 2.53 bits per heavy atom. The summed E-state index contributed by atoms with van der Waals surface area (Å²) >= 11 is 6.18. The van der Waals surface area contributed by atoms with E-state index >= 15 is 0 Å². The molecule has 17 heavy (non-hydrogen) atoms. The van der Waals surface area contributed by atoms with Crippen molar-refractivity contribution in [1.82, 2.24) is 5.32 Å². The van der Waals surface area contributed by atoms with E-state index in [1.807, 2.05) is 13.8 Å². The van der Waals surface area contributed by atoms with Crippen LogP contribution in [0.1, 0.15) is 35.1 Å². The van der Waals surface area contributed by atoms with Crippen LogP contribution in [-0.2, 0) is 6.42 Å².